The molecule has 2 aliphatic heterocycles. The van der Waals surface area contributed by atoms with Crippen molar-refractivity contribution in [3.05, 3.63) is 64.8 Å². The Bertz CT molecular complexity index is 901. The summed E-state index contributed by atoms with van der Waals surface area (Å²) < 4.78 is 23.9. The SMILES string of the molecule is COC(=O)C1=C(C(=O)OC)N(c2cc(F)c3c(c2)C(=O)NC3)C=CC=C1. The van der Waals surface area contributed by atoms with Crippen LogP contribution in [0.4, 0.5) is 10.1 Å². The molecule has 7 nitrogen and oxygen atoms in total. The molecule has 8 heteroatoms. The van der Waals surface area contributed by atoms with Crippen molar-refractivity contribution in [3.63, 3.8) is 0 Å². The number of esters is 2. The first kappa shape index (κ1) is 17.4. The molecule has 0 aliphatic carbocycles. The third-order valence-corrected chi connectivity index (χ3v) is 4.02. The number of amides is 1. The van der Waals surface area contributed by atoms with Gasteiger partial charge in [-0.25, -0.2) is 14.0 Å². The number of allylic oxidation sites excluding steroid dienone is 2. The van der Waals surface area contributed by atoms with Crippen LogP contribution < -0.4 is 10.2 Å². The van der Waals surface area contributed by atoms with Gasteiger partial charge in [0.2, 0.25) is 0 Å². The highest BCUT2D eigenvalue weighted by Gasteiger charge is 2.30. The van der Waals surface area contributed by atoms with Crippen LogP contribution in [0, 0.1) is 5.82 Å². The van der Waals surface area contributed by atoms with Crippen molar-refractivity contribution < 1.29 is 28.2 Å². The Morgan fingerprint density at radius 2 is 1.88 bits per heavy atom. The summed E-state index contributed by atoms with van der Waals surface area (Å²) in [6.45, 7) is 0.102. The number of halogens is 1. The first-order valence-corrected chi connectivity index (χ1v) is 7.63. The van der Waals surface area contributed by atoms with Crippen LogP contribution in [0.1, 0.15) is 15.9 Å². The summed E-state index contributed by atoms with van der Waals surface area (Å²) in [4.78, 5) is 37.6. The van der Waals surface area contributed by atoms with Crippen LogP contribution in [-0.2, 0) is 25.6 Å². The molecule has 1 aromatic rings. The molecule has 0 radical (unpaired) electrons. The summed E-state index contributed by atoms with van der Waals surface area (Å²) in [5.41, 5.74) is 0.416. The largest absolute Gasteiger partial charge is 0.465 e. The van der Waals surface area contributed by atoms with Crippen LogP contribution in [0.3, 0.4) is 0 Å². The molecule has 3 rings (SSSR count). The molecule has 0 aromatic heterocycles. The number of ether oxygens (including phenoxy) is 2. The van der Waals surface area contributed by atoms with E-state index in [1.807, 2.05) is 0 Å². The van der Waals surface area contributed by atoms with Gasteiger partial charge >= 0.3 is 11.9 Å². The molecule has 0 fully saturated rings. The third-order valence-electron chi connectivity index (χ3n) is 4.02. The highest BCUT2D eigenvalue weighted by Crippen LogP contribution is 2.31. The predicted molar refractivity (Wildman–Crippen MR) is 89.4 cm³/mol. The minimum atomic E-state index is -0.813. The molecule has 0 spiro atoms. The highest BCUT2D eigenvalue weighted by atomic mass is 19.1. The molecule has 0 atom stereocenters. The molecule has 0 bridgehead atoms. The van der Waals surface area contributed by atoms with E-state index >= 15 is 0 Å². The van der Waals surface area contributed by atoms with Gasteiger partial charge in [0.05, 0.1) is 19.8 Å². The van der Waals surface area contributed by atoms with E-state index in [-0.39, 0.29) is 34.6 Å². The number of anilines is 1. The van der Waals surface area contributed by atoms with Gasteiger partial charge in [-0.3, -0.25) is 4.79 Å². The van der Waals surface area contributed by atoms with Gasteiger partial charge in [-0.05, 0) is 24.3 Å². The molecule has 134 valence electrons. The Balaban J connectivity index is 2.21. The molecule has 2 aliphatic rings. The number of hydrogen-bond donors (Lipinski definition) is 1. The lowest BCUT2D eigenvalue weighted by atomic mass is 10.1. The number of benzene rings is 1. The number of nitrogens with one attached hydrogen (secondary N) is 1. The van der Waals surface area contributed by atoms with Crippen LogP contribution in [-0.4, -0.2) is 32.1 Å². The quantitative estimate of drug-likeness (QED) is 0.826. The Morgan fingerprint density at radius 1 is 1.15 bits per heavy atom. The Morgan fingerprint density at radius 3 is 2.58 bits per heavy atom. The zero-order valence-electron chi connectivity index (χ0n) is 14.0. The van der Waals surface area contributed by atoms with Gasteiger partial charge in [-0.15, -0.1) is 0 Å². The summed E-state index contributed by atoms with van der Waals surface area (Å²) in [7, 11) is 2.34. The van der Waals surface area contributed by atoms with Crippen molar-refractivity contribution in [3.8, 4) is 0 Å². The maximum Gasteiger partial charge on any atom is 0.355 e. The summed E-state index contributed by atoms with van der Waals surface area (Å²) in [5.74, 6) is -2.57. The van der Waals surface area contributed by atoms with E-state index in [0.717, 1.165) is 7.11 Å². The zero-order valence-corrected chi connectivity index (χ0v) is 14.0. The Kier molecular flexibility index (Phi) is 4.57. The number of carbonyl (C=O) groups excluding carboxylic acids is 3. The molecule has 1 N–H and O–H groups in total. The molecule has 2 heterocycles. The standard InChI is InChI=1S/C18H15FN2O5/c1-25-17(23)11-5-3-4-6-21(15(11)18(24)26-2)10-7-12-13(14(19)8-10)9-20-16(12)22/h3-8H,9H2,1-2H3,(H,20,22). The van der Waals surface area contributed by atoms with E-state index in [9.17, 15) is 18.8 Å². The van der Waals surface area contributed by atoms with Gasteiger partial charge < -0.3 is 19.7 Å². The summed E-state index contributed by atoms with van der Waals surface area (Å²) >= 11 is 0. The van der Waals surface area contributed by atoms with Gasteiger partial charge in [0.25, 0.3) is 5.91 Å². The van der Waals surface area contributed by atoms with Gasteiger partial charge in [0.1, 0.15) is 11.5 Å². The summed E-state index contributed by atoms with van der Waals surface area (Å²) in [6, 6.07) is 2.64. The number of rotatable bonds is 3. The lowest BCUT2D eigenvalue weighted by Crippen LogP contribution is -2.27. The van der Waals surface area contributed by atoms with E-state index in [0.29, 0.717) is 0 Å². The zero-order chi connectivity index (χ0) is 18.8. The second-order valence-electron chi connectivity index (χ2n) is 5.45. The maximum absolute atomic E-state index is 14.4. The fraction of sp³-hybridized carbons (Fsp3) is 0.167. The lowest BCUT2D eigenvalue weighted by Gasteiger charge is -2.23. The average Bonchev–Trinajstić information content (AvgIpc) is 2.89. The van der Waals surface area contributed by atoms with Crippen LogP contribution in [0.25, 0.3) is 0 Å². The van der Waals surface area contributed by atoms with E-state index in [1.54, 1.807) is 6.08 Å². The molecule has 0 saturated carbocycles. The lowest BCUT2D eigenvalue weighted by molar-refractivity contribution is -0.139. The third kappa shape index (κ3) is 2.85. The van der Waals surface area contributed by atoms with Crippen molar-refractivity contribution in [2.24, 2.45) is 0 Å². The maximum atomic E-state index is 14.4. The van der Waals surface area contributed by atoms with Crippen LogP contribution in [0.15, 0.2) is 47.8 Å². The molecule has 0 unspecified atom stereocenters. The molecule has 1 amide bonds. The minimum absolute atomic E-state index is 0.0605. The smallest absolute Gasteiger partial charge is 0.355 e. The number of carbonyl (C=O) groups is 3. The summed E-state index contributed by atoms with van der Waals surface area (Å²) in [6.07, 6.45) is 5.95. The molecule has 1 aromatic carbocycles. The van der Waals surface area contributed by atoms with Gasteiger partial charge in [0, 0.05) is 29.6 Å². The monoisotopic (exact) mass is 358 g/mol. The van der Waals surface area contributed by atoms with E-state index < -0.39 is 23.7 Å². The van der Waals surface area contributed by atoms with E-state index in [1.165, 1.54) is 42.5 Å². The van der Waals surface area contributed by atoms with Crippen molar-refractivity contribution in [2.45, 2.75) is 6.54 Å². The van der Waals surface area contributed by atoms with Crippen molar-refractivity contribution in [1.82, 2.24) is 5.32 Å². The first-order chi connectivity index (χ1) is 12.5. The normalized spacial score (nSPS) is 15.5. The van der Waals surface area contributed by atoms with Gasteiger partial charge in [0.15, 0.2) is 0 Å². The molecule has 26 heavy (non-hydrogen) atoms. The van der Waals surface area contributed by atoms with E-state index in [4.69, 9.17) is 9.47 Å². The van der Waals surface area contributed by atoms with Crippen LogP contribution in [0.5, 0.6) is 0 Å². The van der Waals surface area contributed by atoms with Crippen LogP contribution >= 0.6 is 0 Å². The first-order valence-electron chi connectivity index (χ1n) is 7.63. The Hall–Kier alpha value is -3.42. The van der Waals surface area contributed by atoms with Gasteiger partial charge in [-0.1, -0.05) is 6.08 Å². The second kappa shape index (κ2) is 6.83. The Labute approximate surface area is 148 Å². The fourth-order valence-electron chi connectivity index (χ4n) is 2.77. The number of fused-ring (bicyclic) bond motifs is 1. The number of methoxy groups -OCH3 is 2. The number of hydrogen-bond acceptors (Lipinski definition) is 6. The molecular weight excluding hydrogens is 343 g/mol. The predicted octanol–water partition coefficient (Wildman–Crippen LogP) is 1.56. The molecule has 0 saturated heterocycles. The van der Waals surface area contributed by atoms with Crippen LogP contribution in [0.2, 0.25) is 0 Å². The van der Waals surface area contributed by atoms with E-state index in [2.05, 4.69) is 5.32 Å². The molecular formula is C18H15FN2O5. The fourth-order valence-corrected chi connectivity index (χ4v) is 2.77. The highest BCUT2D eigenvalue weighted by molar-refractivity contribution is 6.06. The topological polar surface area (TPSA) is 84.9 Å². The van der Waals surface area contributed by atoms with Crippen molar-refractivity contribution in [2.75, 3.05) is 19.1 Å². The average molecular weight is 358 g/mol. The minimum Gasteiger partial charge on any atom is -0.465 e. The van der Waals surface area contributed by atoms with Crippen molar-refractivity contribution in [1.29, 1.82) is 0 Å². The number of nitrogens with zero attached hydrogens (tertiary/aromatic N) is 1. The summed E-state index contributed by atoms with van der Waals surface area (Å²) in [5, 5.41) is 2.54. The van der Waals surface area contributed by atoms with Gasteiger partial charge in [-0.2, -0.15) is 0 Å². The van der Waals surface area contributed by atoms with Crippen molar-refractivity contribution >= 4 is 23.5 Å². The second-order valence-corrected chi connectivity index (χ2v) is 5.45.